The van der Waals surface area contributed by atoms with Crippen molar-refractivity contribution in [2.45, 2.75) is 58.5 Å². The Kier molecular flexibility index (Phi) is 6.76. The zero-order valence-corrected chi connectivity index (χ0v) is 18.1. The highest BCUT2D eigenvalue weighted by Crippen LogP contribution is 2.38. The summed E-state index contributed by atoms with van der Waals surface area (Å²) in [5, 5.41) is 12.3. The minimum atomic E-state index is 0. The Morgan fingerprint density at radius 2 is 2.15 bits per heavy atom. The van der Waals surface area contributed by atoms with Crippen molar-refractivity contribution in [3.8, 4) is 0 Å². The number of aryl methyl sites for hydroxylation is 1. The average molecular weight is 474 g/mol. The predicted molar refractivity (Wildman–Crippen MR) is 112 cm³/mol. The maximum Gasteiger partial charge on any atom is 0.194 e. The number of aromatic nitrogens is 3. The Morgan fingerprint density at radius 3 is 2.96 bits per heavy atom. The molecule has 1 N–H and O–H groups in total. The van der Waals surface area contributed by atoms with E-state index in [2.05, 4.69) is 31.9 Å². The van der Waals surface area contributed by atoms with Gasteiger partial charge in [-0.2, -0.15) is 0 Å². The van der Waals surface area contributed by atoms with E-state index in [-0.39, 0.29) is 24.0 Å². The molecule has 4 heterocycles. The first-order valence-electron chi connectivity index (χ1n) is 9.82. The number of ether oxygens (including phenoxy) is 1. The molecule has 0 saturated carbocycles. The molecular formula is C18H31IN6O. The van der Waals surface area contributed by atoms with Gasteiger partial charge < -0.3 is 19.5 Å². The van der Waals surface area contributed by atoms with Crippen molar-refractivity contribution in [1.82, 2.24) is 25.0 Å². The number of hydrogen-bond donors (Lipinski definition) is 1. The largest absolute Gasteiger partial charge is 0.381 e. The summed E-state index contributed by atoms with van der Waals surface area (Å²) in [5.41, 5.74) is 0.349. The molecule has 7 nitrogen and oxygen atoms in total. The van der Waals surface area contributed by atoms with Crippen LogP contribution in [-0.2, 0) is 24.2 Å². The zero-order chi connectivity index (χ0) is 17.1. The van der Waals surface area contributed by atoms with Crippen LogP contribution >= 0.6 is 24.0 Å². The number of hydrogen-bond acceptors (Lipinski definition) is 4. The molecule has 1 unspecified atom stereocenters. The van der Waals surface area contributed by atoms with E-state index in [4.69, 9.17) is 9.73 Å². The maximum atomic E-state index is 5.65. The second-order valence-electron chi connectivity index (χ2n) is 7.64. The van der Waals surface area contributed by atoms with Gasteiger partial charge in [0.2, 0.25) is 0 Å². The highest BCUT2D eigenvalue weighted by molar-refractivity contribution is 14.0. The molecule has 0 aromatic carbocycles. The van der Waals surface area contributed by atoms with E-state index in [1.165, 1.54) is 32.1 Å². The first kappa shape index (κ1) is 19.9. The number of likely N-dealkylation sites (tertiary alicyclic amines) is 1. The number of nitrogens with zero attached hydrogens (tertiary/aromatic N) is 5. The smallest absolute Gasteiger partial charge is 0.194 e. The van der Waals surface area contributed by atoms with E-state index >= 15 is 0 Å². The van der Waals surface area contributed by atoms with Crippen molar-refractivity contribution >= 4 is 29.9 Å². The summed E-state index contributed by atoms with van der Waals surface area (Å²) in [6.45, 7) is 8.58. The minimum absolute atomic E-state index is 0. The fourth-order valence-corrected chi connectivity index (χ4v) is 4.32. The molecule has 0 amide bonds. The van der Waals surface area contributed by atoms with Crippen LogP contribution in [-0.4, -0.2) is 58.5 Å². The molecule has 1 aromatic rings. The van der Waals surface area contributed by atoms with Gasteiger partial charge in [-0.1, -0.05) is 6.42 Å². The van der Waals surface area contributed by atoms with Gasteiger partial charge in [0.05, 0.1) is 6.61 Å². The van der Waals surface area contributed by atoms with Gasteiger partial charge in [-0.3, -0.25) is 0 Å². The van der Waals surface area contributed by atoms with Crippen molar-refractivity contribution < 1.29 is 4.74 Å². The van der Waals surface area contributed by atoms with Crippen LogP contribution in [0.2, 0.25) is 0 Å². The standard InChI is InChI=1S/C18H30N6O.HI/c1-2-19-17(23-10-7-18(13-23)8-11-25-14-18)20-12-16-22-21-15-6-4-3-5-9-24(15)16;/h2-14H2,1H3,(H,19,20);1H. The lowest BCUT2D eigenvalue weighted by molar-refractivity contribution is 0.156. The maximum absolute atomic E-state index is 5.65. The van der Waals surface area contributed by atoms with Crippen molar-refractivity contribution in [1.29, 1.82) is 0 Å². The number of rotatable bonds is 3. The Hall–Kier alpha value is -0.900. The first-order valence-corrected chi connectivity index (χ1v) is 9.82. The third kappa shape index (κ3) is 4.16. The molecule has 2 saturated heterocycles. The monoisotopic (exact) mass is 474 g/mol. The van der Waals surface area contributed by atoms with E-state index in [9.17, 15) is 0 Å². The molecule has 3 aliphatic rings. The van der Waals surface area contributed by atoms with Gasteiger partial charge in [0.25, 0.3) is 0 Å². The Balaban J connectivity index is 0.00000196. The van der Waals surface area contributed by atoms with Crippen molar-refractivity contribution in [2.24, 2.45) is 10.4 Å². The summed E-state index contributed by atoms with van der Waals surface area (Å²) in [6, 6.07) is 0. The highest BCUT2D eigenvalue weighted by atomic mass is 127. The summed E-state index contributed by atoms with van der Waals surface area (Å²) >= 11 is 0. The summed E-state index contributed by atoms with van der Waals surface area (Å²) in [6.07, 6.45) is 7.16. The molecule has 8 heteroatoms. The van der Waals surface area contributed by atoms with E-state index in [0.29, 0.717) is 12.0 Å². The third-order valence-electron chi connectivity index (χ3n) is 5.81. The van der Waals surface area contributed by atoms with Gasteiger partial charge in [0.1, 0.15) is 12.4 Å². The van der Waals surface area contributed by atoms with Crippen LogP contribution in [0, 0.1) is 5.41 Å². The molecule has 1 atom stereocenters. The second kappa shape index (κ2) is 8.86. The normalized spacial score (nSPS) is 25.9. The van der Waals surface area contributed by atoms with E-state index in [1.54, 1.807) is 0 Å². The lowest BCUT2D eigenvalue weighted by Crippen LogP contribution is -2.41. The van der Waals surface area contributed by atoms with Crippen LogP contribution in [0.15, 0.2) is 4.99 Å². The molecule has 4 rings (SSSR count). The van der Waals surface area contributed by atoms with Crippen molar-refractivity contribution in [3.63, 3.8) is 0 Å². The molecule has 3 aliphatic heterocycles. The fraction of sp³-hybridized carbons (Fsp3) is 0.833. The van der Waals surface area contributed by atoms with Gasteiger partial charge in [-0.05, 0) is 32.6 Å². The quantitative estimate of drug-likeness (QED) is 0.414. The van der Waals surface area contributed by atoms with Crippen molar-refractivity contribution in [3.05, 3.63) is 11.6 Å². The minimum Gasteiger partial charge on any atom is -0.381 e. The number of guanidine groups is 1. The molecule has 0 radical (unpaired) electrons. The second-order valence-corrected chi connectivity index (χ2v) is 7.64. The molecule has 26 heavy (non-hydrogen) atoms. The number of nitrogens with one attached hydrogen (secondary N) is 1. The van der Waals surface area contributed by atoms with Gasteiger partial charge in [-0.15, -0.1) is 34.2 Å². The van der Waals surface area contributed by atoms with E-state index in [0.717, 1.165) is 63.4 Å². The van der Waals surface area contributed by atoms with Crippen LogP contribution < -0.4 is 5.32 Å². The van der Waals surface area contributed by atoms with Gasteiger partial charge in [0.15, 0.2) is 11.8 Å². The molecule has 1 spiro atoms. The van der Waals surface area contributed by atoms with Crippen LogP contribution in [0.5, 0.6) is 0 Å². The van der Waals surface area contributed by atoms with Crippen LogP contribution in [0.3, 0.4) is 0 Å². The number of aliphatic imine (C=N–C) groups is 1. The molecule has 1 aromatic heterocycles. The topological polar surface area (TPSA) is 67.6 Å². The van der Waals surface area contributed by atoms with E-state index < -0.39 is 0 Å². The summed E-state index contributed by atoms with van der Waals surface area (Å²) < 4.78 is 7.94. The third-order valence-corrected chi connectivity index (χ3v) is 5.81. The number of fused-ring (bicyclic) bond motifs is 1. The lowest BCUT2D eigenvalue weighted by atomic mass is 9.87. The fourth-order valence-electron chi connectivity index (χ4n) is 4.32. The van der Waals surface area contributed by atoms with Crippen LogP contribution in [0.25, 0.3) is 0 Å². The number of halogens is 1. The summed E-state index contributed by atoms with van der Waals surface area (Å²) in [4.78, 5) is 7.30. The van der Waals surface area contributed by atoms with Gasteiger partial charge in [0, 0.05) is 44.6 Å². The lowest BCUT2D eigenvalue weighted by Gasteiger charge is -2.24. The molecule has 2 fully saturated rings. The average Bonchev–Trinajstić information content (AvgIpc) is 3.31. The van der Waals surface area contributed by atoms with Gasteiger partial charge in [-0.25, -0.2) is 4.99 Å². The first-order chi connectivity index (χ1) is 12.3. The SMILES string of the molecule is CCNC(=NCc1nnc2n1CCCCC2)N1CCC2(CCOC2)C1.I. The summed E-state index contributed by atoms with van der Waals surface area (Å²) in [7, 11) is 0. The molecule has 146 valence electrons. The van der Waals surface area contributed by atoms with Crippen molar-refractivity contribution in [2.75, 3.05) is 32.8 Å². The van der Waals surface area contributed by atoms with E-state index in [1.807, 2.05) is 0 Å². The zero-order valence-electron chi connectivity index (χ0n) is 15.7. The predicted octanol–water partition coefficient (Wildman–Crippen LogP) is 2.20. The highest BCUT2D eigenvalue weighted by Gasteiger charge is 2.42. The molecule has 0 aliphatic carbocycles. The summed E-state index contributed by atoms with van der Waals surface area (Å²) in [5.74, 6) is 3.15. The molecular weight excluding hydrogens is 443 g/mol. The Morgan fingerprint density at radius 1 is 1.23 bits per heavy atom. The molecule has 0 bridgehead atoms. The Bertz CT molecular complexity index is 625. The Labute approximate surface area is 173 Å². The van der Waals surface area contributed by atoms with Crippen LogP contribution in [0.4, 0.5) is 0 Å². The van der Waals surface area contributed by atoms with Crippen LogP contribution in [0.1, 0.15) is 50.7 Å². The van der Waals surface area contributed by atoms with Gasteiger partial charge >= 0.3 is 0 Å².